The SMILES string of the molecule is CC(C)C(C)Nc1ccc(S(C)(=O)=O)cc1[N+](=O)[O-]. The second kappa shape index (κ2) is 5.56. The van der Waals surface area contributed by atoms with Gasteiger partial charge in [0.1, 0.15) is 5.69 Å². The molecule has 0 aliphatic heterocycles. The maximum absolute atomic E-state index is 11.4. The summed E-state index contributed by atoms with van der Waals surface area (Å²) in [7, 11) is -3.45. The second-order valence-corrected chi connectivity index (χ2v) is 6.90. The summed E-state index contributed by atoms with van der Waals surface area (Å²) >= 11 is 0. The van der Waals surface area contributed by atoms with Gasteiger partial charge in [-0.2, -0.15) is 0 Å². The van der Waals surface area contributed by atoms with Gasteiger partial charge in [-0.3, -0.25) is 10.1 Å². The monoisotopic (exact) mass is 286 g/mol. The summed E-state index contributed by atoms with van der Waals surface area (Å²) in [5, 5.41) is 14.1. The van der Waals surface area contributed by atoms with Gasteiger partial charge in [-0.25, -0.2) is 8.42 Å². The molecule has 1 aromatic carbocycles. The predicted octanol–water partition coefficient (Wildman–Crippen LogP) is 2.45. The average molecular weight is 286 g/mol. The highest BCUT2D eigenvalue weighted by atomic mass is 32.2. The number of benzene rings is 1. The molecule has 0 aliphatic carbocycles. The molecule has 6 nitrogen and oxygen atoms in total. The minimum Gasteiger partial charge on any atom is -0.377 e. The summed E-state index contributed by atoms with van der Waals surface area (Å²) in [5.41, 5.74) is 0.106. The Balaban J connectivity index is 3.24. The van der Waals surface area contributed by atoms with Gasteiger partial charge in [0.15, 0.2) is 9.84 Å². The van der Waals surface area contributed by atoms with Crippen LogP contribution in [0.3, 0.4) is 0 Å². The lowest BCUT2D eigenvalue weighted by molar-refractivity contribution is -0.384. The lowest BCUT2D eigenvalue weighted by Gasteiger charge is -2.18. The van der Waals surface area contributed by atoms with E-state index in [9.17, 15) is 18.5 Å². The zero-order valence-electron chi connectivity index (χ0n) is 11.4. The molecule has 0 amide bonds. The smallest absolute Gasteiger partial charge is 0.293 e. The molecule has 0 fully saturated rings. The molecular formula is C12H18N2O4S. The van der Waals surface area contributed by atoms with Crippen LogP contribution in [0.1, 0.15) is 20.8 Å². The fourth-order valence-electron chi connectivity index (χ4n) is 1.43. The van der Waals surface area contributed by atoms with E-state index in [1.165, 1.54) is 12.1 Å². The van der Waals surface area contributed by atoms with E-state index in [4.69, 9.17) is 0 Å². The molecule has 1 N–H and O–H groups in total. The van der Waals surface area contributed by atoms with Crippen molar-refractivity contribution < 1.29 is 13.3 Å². The summed E-state index contributed by atoms with van der Waals surface area (Å²) in [6.45, 7) is 5.90. The fourth-order valence-corrected chi connectivity index (χ4v) is 2.07. The molecule has 0 heterocycles. The van der Waals surface area contributed by atoms with Gasteiger partial charge in [-0.1, -0.05) is 13.8 Å². The van der Waals surface area contributed by atoms with Crippen LogP contribution in [-0.4, -0.2) is 25.6 Å². The molecule has 0 saturated heterocycles. The number of nitrogens with zero attached hydrogens (tertiary/aromatic N) is 1. The summed E-state index contributed by atoms with van der Waals surface area (Å²) in [6, 6.07) is 3.94. The van der Waals surface area contributed by atoms with E-state index in [-0.39, 0.29) is 16.6 Å². The topological polar surface area (TPSA) is 89.3 Å². The first-order valence-corrected chi connectivity index (χ1v) is 7.77. The van der Waals surface area contributed by atoms with Crippen molar-refractivity contribution in [2.24, 2.45) is 5.92 Å². The van der Waals surface area contributed by atoms with Crippen molar-refractivity contribution in [1.29, 1.82) is 0 Å². The van der Waals surface area contributed by atoms with Crippen LogP contribution in [0.2, 0.25) is 0 Å². The Kier molecular flexibility index (Phi) is 4.52. The van der Waals surface area contributed by atoms with Gasteiger partial charge in [0.05, 0.1) is 9.82 Å². The number of sulfone groups is 1. The van der Waals surface area contributed by atoms with Crippen molar-refractivity contribution in [2.45, 2.75) is 31.7 Å². The Morgan fingerprint density at radius 3 is 2.26 bits per heavy atom. The Labute approximate surface area is 112 Å². The quantitative estimate of drug-likeness (QED) is 0.663. The molecule has 0 spiro atoms. The van der Waals surface area contributed by atoms with E-state index in [1.807, 2.05) is 20.8 Å². The zero-order valence-corrected chi connectivity index (χ0v) is 12.2. The van der Waals surface area contributed by atoms with Gasteiger partial charge in [0.2, 0.25) is 0 Å². The lowest BCUT2D eigenvalue weighted by atomic mass is 10.1. The Bertz CT molecular complexity index is 581. The molecule has 1 aromatic rings. The highest BCUT2D eigenvalue weighted by Crippen LogP contribution is 2.28. The van der Waals surface area contributed by atoms with Crippen LogP contribution in [-0.2, 0) is 9.84 Å². The predicted molar refractivity (Wildman–Crippen MR) is 74.1 cm³/mol. The Morgan fingerprint density at radius 2 is 1.84 bits per heavy atom. The molecule has 0 bridgehead atoms. The van der Waals surface area contributed by atoms with Gasteiger partial charge >= 0.3 is 0 Å². The Morgan fingerprint density at radius 1 is 1.26 bits per heavy atom. The van der Waals surface area contributed by atoms with Crippen LogP contribution in [0, 0.1) is 16.0 Å². The molecule has 0 saturated carbocycles. The largest absolute Gasteiger partial charge is 0.377 e. The summed E-state index contributed by atoms with van der Waals surface area (Å²) < 4.78 is 22.8. The first kappa shape index (κ1) is 15.4. The standard InChI is InChI=1S/C12H18N2O4S/c1-8(2)9(3)13-11-6-5-10(19(4,17)18)7-12(11)14(15)16/h5-9,13H,1-4H3. The van der Waals surface area contributed by atoms with Crippen molar-refractivity contribution in [3.8, 4) is 0 Å². The molecule has 1 atom stereocenters. The molecule has 0 aromatic heterocycles. The number of anilines is 1. The molecule has 1 unspecified atom stereocenters. The summed E-state index contributed by atoms with van der Waals surface area (Å²) in [6.07, 6.45) is 1.02. The number of nitro groups is 1. The van der Waals surface area contributed by atoms with Crippen LogP contribution in [0.15, 0.2) is 23.1 Å². The number of rotatable bonds is 5. The van der Waals surface area contributed by atoms with Crippen molar-refractivity contribution in [2.75, 3.05) is 11.6 Å². The minimum absolute atomic E-state index is 0.0442. The normalized spacial score (nSPS) is 13.3. The van der Waals surface area contributed by atoms with E-state index in [0.29, 0.717) is 11.6 Å². The van der Waals surface area contributed by atoms with Crippen molar-refractivity contribution in [3.05, 3.63) is 28.3 Å². The molecule has 0 aliphatic rings. The number of nitrogens with one attached hydrogen (secondary N) is 1. The fraction of sp³-hybridized carbons (Fsp3) is 0.500. The van der Waals surface area contributed by atoms with Crippen molar-refractivity contribution >= 4 is 21.2 Å². The first-order chi connectivity index (χ1) is 8.62. The van der Waals surface area contributed by atoms with Gasteiger partial charge in [-0.15, -0.1) is 0 Å². The summed E-state index contributed by atoms with van der Waals surface area (Å²) in [5.74, 6) is 0.300. The van der Waals surface area contributed by atoms with Crippen LogP contribution in [0.4, 0.5) is 11.4 Å². The third-order valence-electron chi connectivity index (χ3n) is 2.98. The van der Waals surface area contributed by atoms with Crippen LogP contribution in [0.5, 0.6) is 0 Å². The summed E-state index contributed by atoms with van der Waals surface area (Å²) in [4.78, 5) is 10.4. The lowest BCUT2D eigenvalue weighted by Crippen LogP contribution is -2.22. The van der Waals surface area contributed by atoms with Crippen molar-refractivity contribution in [3.63, 3.8) is 0 Å². The van der Waals surface area contributed by atoms with E-state index in [0.717, 1.165) is 12.3 Å². The second-order valence-electron chi connectivity index (χ2n) is 4.89. The van der Waals surface area contributed by atoms with E-state index >= 15 is 0 Å². The number of hydrogen-bond acceptors (Lipinski definition) is 5. The van der Waals surface area contributed by atoms with Crippen LogP contribution in [0.25, 0.3) is 0 Å². The molecule has 19 heavy (non-hydrogen) atoms. The number of hydrogen-bond donors (Lipinski definition) is 1. The zero-order chi connectivity index (χ0) is 14.8. The molecule has 1 rings (SSSR count). The van der Waals surface area contributed by atoms with Gasteiger partial charge < -0.3 is 5.32 Å². The van der Waals surface area contributed by atoms with Crippen molar-refractivity contribution in [1.82, 2.24) is 0 Å². The van der Waals surface area contributed by atoms with Gasteiger partial charge in [-0.05, 0) is 25.0 Å². The number of nitro benzene ring substituents is 1. The van der Waals surface area contributed by atoms with E-state index in [2.05, 4.69) is 5.32 Å². The third-order valence-corrected chi connectivity index (χ3v) is 4.09. The maximum Gasteiger partial charge on any atom is 0.293 e. The molecule has 106 valence electrons. The van der Waals surface area contributed by atoms with Gasteiger partial charge in [0.25, 0.3) is 5.69 Å². The van der Waals surface area contributed by atoms with Crippen LogP contribution < -0.4 is 5.32 Å². The minimum atomic E-state index is -3.45. The van der Waals surface area contributed by atoms with E-state index < -0.39 is 14.8 Å². The average Bonchev–Trinajstić information content (AvgIpc) is 2.27. The Hall–Kier alpha value is -1.63. The van der Waals surface area contributed by atoms with E-state index in [1.54, 1.807) is 0 Å². The third kappa shape index (κ3) is 3.92. The molecular weight excluding hydrogens is 268 g/mol. The maximum atomic E-state index is 11.4. The van der Waals surface area contributed by atoms with Gasteiger partial charge in [0, 0.05) is 18.4 Å². The molecule has 7 heteroatoms. The highest BCUT2D eigenvalue weighted by Gasteiger charge is 2.20. The highest BCUT2D eigenvalue weighted by molar-refractivity contribution is 7.90. The first-order valence-electron chi connectivity index (χ1n) is 5.88. The van der Waals surface area contributed by atoms with Crippen LogP contribution >= 0.6 is 0 Å². The molecule has 0 radical (unpaired) electrons.